The number of unbranched alkanes of at least 4 members (excludes halogenated alkanes) is 2. The summed E-state index contributed by atoms with van der Waals surface area (Å²) in [5, 5.41) is 2.91. The molecular weight excluding hydrogens is 298 g/mol. The lowest BCUT2D eigenvalue weighted by Gasteiger charge is -2.07. The fourth-order valence-electron chi connectivity index (χ4n) is 1.73. The van der Waals surface area contributed by atoms with Gasteiger partial charge in [-0.25, -0.2) is 8.42 Å². The van der Waals surface area contributed by atoms with Gasteiger partial charge in [0.2, 0.25) is 5.91 Å². The van der Waals surface area contributed by atoms with E-state index < -0.39 is 9.84 Å². The zero-order valence-electron chi connectivity index (χ0n) is 11.6. The molecule has 0 atom stereocenters. The quantitative estimate of drug-likeness (QED) is 0.750. The molecule has 112 valence electrons. The minimum absolute atomic E-state index is 0.0420. The minimum Gasteiger partial charge on any atom is -0.356 e. The van der Waals surface area contributed by atoms with Crippen molar-refractivity contribution < 1.29 is 13.2 Å². The second-order valence-corrected chi connectivity index (χ2v) is 7.04. The van der Waals surface area contributed by atoms with E-state index in [1.807, 2.05) is 0 Å². The summed E-state index contributed by atoms with van der Waals surface area (Å²) < 4.78 is 24.1. The molecule has 0 saturated carbocycles. The van der Waals surface area contributed by atoms with Crippen molar-refractivity contribution in [3.63, 3.8) is 0 Å². The highest BCUT2D eigenvalue weighted by Gasteiger charge is 2.18. The van der Waals surface area contributed by atoms with E-state index in [1.165, 1.54) is 12.1 Å². The number of amides is 1. The van der Waals surface area contributed by atoms with Crippen LogP contribution < -0.4 is 5.32 Å². The Labute approximate surface area is 125 Å². The molecule has 1 amide bonds. The van der Waals surface area contributed by atoms with Gasteiger partial charge in [-0.15, -0.1) is 0 Å². The number of rotatable bonds is 8. The topological polar surface area (TPSA) is 63.2 Å². The van der Waals surface area contributed by atoms with Crippen LogP contribution in [0.2, 0.25) is 5.02 Å². The third kappa shape index (κ3) is 5.51. The standard InChI is InChI=1S/C14H20ClNO3S/c1-2-3-6-10-16-14(17)9-11-20(18,19)13-8-5-4-7-12(13)15/h4-5,7-8H,2-3,6,9-11H2,1H3,(H,16,17). The van der Waals surface area contributed by atoms with E-state index in [9.17, 15) is 13.2 Å². The molecule has 1 N–H and O–H groups in total. The molecule has 0 bridgehead atoms. The first kappa shape index (κ1) is 17.0. The van der Waals surface area contributed by atoms with E-state index in [4.69, 9.17) is 11.6 Å². The summed E-state index contributed by atoms with van der Waals surface area (Å²) in [5.41, 5.74) is 0. The van der Waals surface area contributed by atoms with Crippen molar-refractivity contribution >= 4 is 27.3 Å². The SMILES string of the molecule is CCCCCNC(=O)CCS(=O)(=O)c1ccccc1Cl. The fourth-order valence-corrected chi connectivity index (χ4v) is 3.54. The molecule has 4 nitrogen and oxygen atoms in total. The number of carbonyl (C=O) groups excluding carboxylic acids is 1. The van der Waals surface area contributed by atoms with Crippen LogP contribution in [-0.2, 0) is 14.6 Å². The number of nitrogens with one attached hydrogen (secondary N) is 1. The van der Waals surface area contributed by atoms with Gasteiger partial charge in [0.15, 0.2) is 9.84 Å². The summed E-state index contributed by atoms with van der Waals surface area (Å²) in [5.74, 6) is -0.465. The summed E-state index contributed by atoms with van der Waals surface area (Å²) in [4.78, 5) is 11.6. The van der Waals surface area contributed by atoms with Crippen LogP contribution >= 0.6 is 11.6 Å². The molecule has 20 heavy (non-hydrogen) atoms. The van der Waals surface area contributed by atoms with Gasteiger partial charge in [-0.2, -0.15) is 0 Å². The van der Waals surface area contributed by atoms with E-state index >= 15 is 0 Å². The Balaban J connectivity index is 2.48. The predicted octanol–water partition coefficient (Wildman–Crippen LogP) is 2.81. The average molecular weight is 318 g/mol. The Morgan fingerprint density at radius 1 is 1.25 bits per heavy atom. The molecule has 1 rings (SSSR count). The molecule has 0 aliphatic rings. The van der Waals surface area contributed by atoms with Crippen LogP contribution in [0.1, 0.15) is 32.6 Å². The largest absolute Gasteiger partial charge is 0.356 e. The highest BCUT2D eigenvalue weighted by Crippen LogP contribution is 2.22. The summed E-state index contributed by atoms with van der Waals surface area (Å²) in [6, 6.07) is 6.27. The third-order valence-corrected chi connectivity index (χ3v) is 5.08. The highest BCUT2D eigenvalue weighted by molar-refractivity contribution is 7.91. The van der Waals surface area contributed by atoms with Crippen molar-refractivity contribution in [2.45, 2.75) is 37.5 Å². The first-order valence-corrected chi connectivity index (χ1v) is 8.74. The number of benzene rings is 1. The molecule has 0 saturated heterocycles. The number of sulfone groups is 1. The summed E-state index contributed by atoms with van der Waals surface area (Å²) in [6.07, 6.45) is 3.01. The van der Waals surface area contributed by atoms with Gasteiger partial charge >= 0.3 is 0 Å². The number of hydrogen-bond acceptors (Lipinski definition) is 3. The maximum atomic E-state index is 12.1. The van der Waals surface area contributed by atoms with Crippen LogP contribution in [0.3, 0.4) is 0 Å². The van der Waals surface area contributed by atoms with Crippen molar-refractivity contribution in [3.8, 4) is 0 Å². The molecule has 0 aliphatic heterocycles. The first-order chi connectivity index (χ1) is 9.47. The predicted molar refractivity (Wildman–Crippen MR) is 80.7 cm³/mol. The molecular formula is C14H20ClNO3S. The van der Waals surface area contributed by atoms with E-state index in [-0.39, 0.29) is 28.0 Å². The van der Waals surface area contributed by atoms with E-state index in [2.05, 4.69) is 12.2 Å². The maximum Gasteiger partial charge on any atom is 0.221 e. The summed E-state index contributed by atoms with van der Waals surface area (Å²) >= 11 is 5.86. The second kappa shape index (κ2) is 8.27. The zero-order valence-corrected chi connectivity index (χ0v) is 13.1. The van der Waals surface area contributed by atoms with Gasteiger partial charge in [0.05, 0.1) is 15.7 Å². The Bertz CT molecular complexity index is 543. The van der Waals surface area contributed by atoms with Crippen LogP contribution in [0.25, 0.3) is 0 Å². The van der Waals surface area contributed by atoms with E-state index in [1.54, 1.807) is 12.1 Å². The Morgan fingerprint density at radius 2 is 1.95 bits per heavy atom. The molecule has 1 aromatic carbocycles. The summed E-state index contributed by atoms with van der Waals surface area (Å²) in [7, 11) is -3.51. The van der Waals surface area contributed by atoms with Crippen LogP contribution in [0, 0.1) is 0 Å². The lowest BCUT2D eigenvalue weighted by atomic mass is 10.2. The first-order valence-electron chi connectivity index (χ1n) is 6.71. The number of hydrogen-bond donors (Lipinski definition) is 1. The molecule has 0 unspecified atom stereocenters. The second-order valence-electron chi connectivity index (χ2n) is 4.56. The van der Waals surface area contributed by atoms with Crippen molar-refractivity contribution in [1.29, 1.82) is 0 Å². The normalized spacial score (nSPS) is 11.3. The van der Waals surface area contributed by atoms with Gasteiger partial charge in [-0.05, 0) is 18.6 Å². The Kier molecular flexibility index (Phi) is 7.02. The molecule has 6 heteroatoms. The molecule has 0 radical (unpaired) electrons. The van der Waals surface area contributed by atoms with Gasteiger partial charge in [0, 0.05) is 13.0 Å². The molecule has 0 spiro atoms. The van der Waals surface area contributed by atoms with E-state index in [0.29, 0.717) is 6.54 Å². The van der Waals surface area contributed by atoms with Crippen LogP contribution in [0.15, 0.2) is 29.2 Å². The molecule has 1 aromatic rings. The van der Waals surface area contributed by atoms with Crippen molar-refractivity contribution in [3.05, 3.63) is 29.3 Å². The highest BCUT2D eigenvalue weighted by atomic mass is 35.5. The van der Waals surface area contributed by atoms with Gasteiger partial charge < -0.3 is 5.32 Å². The number of carbonyl (C=O) groups is 1. The van der Waals surface area contributed by atoms with Crippen LogP contribution in [0.4, 0.5) is 0 Å². The van der Waals surface area contributed by atoms with Crippen LogP contribution in [-0.4, -0.2) is 26.6 Å². The van der Waals surface area contributed by atoms with E-state index in [0.717, 1.165) is 19.3 Å². The Morgan fingerprint density at radius 3 is 2.60 bits per heavy atom. The van der Waals surface area contributed by atoms with Gasteiger partial charge in [-0.1, -0.05) is 43.5 Å². The van der Waals surface area contributed by atoms with Gasteiger partial charge in [0.1, 0.15) is 0 Å². The Hall–Kier alpha value is -1.07. The molecule has 0 heterocycles. The van der Waals surface area contributed by atoms with Crippen molar-refractivity contribution in [2.24, 2.45) is 0 Å². The smallest absolute Gasteiger partial charge is 0.221 e. The fraction of sp³-hybridized carbons (Fsp3) is 0.500. The number of halogens is 1. The zero-order chi connectivity index (χ0) is 15.0. The van der Waals surface area contributed by atoms with Gasteiger partial charge in [0.25, 0.3) is 0 Å². The van der Waals surface area contributed by atoms with Gasteiger partial charge in [-0.3, -0.25) is 4.79 Å². The maximum absolute atomic E-state index is 12.1. The third-order valence-electron chi connectivity index (χ3n) is 2.87. The molecule has 0 aromatic heterocycles. The summed E-state index contributed by atoms with van der Waals surface area (Å²) in [6.45, 7) is 2.68. The average Bonchev–Trinajstić information content (AvgIpc) is 2.42. The minimum atomic E-state index is -3.51. The van der Waals surface area contributed by atoms with Crippen molar-refractivity contribution in [1.82, 2.24) is 5.32 Å². The lowest BCUT2D eigenvalue weighted by Crippen LogP contribution is -2.26. The van der Waals surface area contributed by atoms with Crippen molar-refractivity contribution in [2.75, 3.05) is 12.3 Å². The lowest BCUT2D eigenvalue weighted by molar-refractivity contribution is -0.120. The molecule has 0 aliphatic carbocycles. The molecule has 0 fully saturated rings. The monoisotopic (exact) mass is 317 g/mol. The van der Waals surface area contributed by atoms with Crippen LogP contribution in [0.5, 0.6) is 0 Å².